The Balaban J connectivity index is 1.82. The number of nitrogens with zero attached hydrogens (tertiary/aromatic N) is 1. The topological polar surface area (TPSA) is 27.3 Å². The van der Waals surface area contributed by atoms with Gasteiger partial charge < -0.3 is 5.32 Å². The van der Waals surface area contributed by atoms with Crippen LogP contribution in [0.15, 0.2) is 30.3 Å². The number of piperidine rings is 1. The predicted molar refractivity (Wildman–Crippen MR) is 71.6 cm³/mol. The van der Waals surface area contributed by atoms with E-state index in [0.717, 1.165) is 13.1 Å². The molecule has 1 aliphatic rings. The van der Waals surface area contributed by atoms with Gasteiger partial charge in [0.2, 0.25) is 0 Å². The van der Waals surface area contributed by atoms with Crippen molar-refractivity contribution in [2.75, 3.05) is 20.1 Å². The third kappa shape index (κ3) is 3.53. The molecule has 1 unspecified atom stereocenters. The molecule has 1 fully saturated rings. The van der Waals surface area contributed by atoms with E-state index in [0.29, 0.717) is 12.1 Å². The first kappa shape index (κ1) is 12.6. The summed E-state index contributed by atoms with van der Waals surface area (Å²) in [5, 5.41) is 5.71. The minimum absolute atomic E-state index is 0.391. The molecule has 0 aromatic heterocycles. The summed E-state index contributed by atoms with van der Waals surface area (Å²) in [5.74, 6) is 0. The lowest BCUT2D eigenvalue weighted by Gasteiger charge is -2.34. The van der Waals surface area contributed by atoms with Crippen LogP contribution < -0.4 is 10.7 Å². The van der Waals surface area contributed by atoms with E-state index >= 15 is 0 Å². The van der Waals surface area contributed by atoms with Crippen molar-refractivity contribution in [1.82, 2.24) is 15.8 Å². The van der Waals surface area contributed by atoms with Gasteiger partial charge in [0, 0.05) is 25.2 Å². The van der Waals surface area contributed by atoms with Gasteiger partial charge in [-0.3, -0.25) is 0 Å². The van der Waals surface area contributed by atoms with Crippen molar-refractivity contribution < 1.29 is 0 Å². The van der Waals surface area contributed by atoms with Crippen molar-refractivity contribution in [2.24, 2.45) is 0 Å². The van der Waals surface area contributed by atoms with Crippen molar-refractivity contribution in [1.29, 1.82) is 0 Å². The first-order valence-corrected chi connectivity index (χ1v) is 6.53. The van der Waals surface area contributed by atoms with E-state index in [1.807, 2.05) is 0 Å². The van der Waals surface area contributed by atoms with Gasteiger partial charge in [0.05, 0.1) is 0 Å². The molecule has 0 bridgehead atoms. The Morgan fingerprint density at radius 2 is 1.82 bits per heavy atom. The fourth-order valence-electron chi connectivity index (χ4n) is 2.39. The van der Waals surface area contributed by atoms with E-state index < -0.39 is 0 Å². The number of benzene rings is 1. The van der Waals surface area contributed by atoms with Crippen LogP contribution in [0.25, 0.3) is 0 Å². The van der Waals surface area contributed by atoms with Crippen molar-refractivity contribution in [2.45, 2.75) is 31.8 Å². The molecule has 0 radical (unpaired) electrons. The SMILES string of the molecule is CNC1CCN(NC(C)c2ccccc2)CC1. The summed E-state index contributed by atoms with van der Waals surface area (Å²) in [6.45, 7) is 4.48. The lowest BCUT2D eigenvalue weighted by molar-refractivity contribution is 0.118. The van der Waals surface area contributed by atoms with Crippen LogP contribution in [0.4, 0.5) is 0 Å². The largest absolute Gasteiger partial charge is 0.317 e. The molecule has 1 heterocycles. The fraction of sp³-hybridized carbons (Fsp3) is 0.571. The maximum atomic E-state index is 3.59. The summed E-state index contributed by atoms with van der Waals surface area (Å²) < 4.78 is 0. The average molecular weight is 233 g/mol. The molecule has 0 aliphatic carbocycles. The van der Waals surface area contributed by atoms with Crippen molar-refractivity contribution >= 4 is 0 Å². The molecule has 2 rings (SSSR count). The zero-order valence-corrected chi connectivity index (χ0v) is 10.8. The van der Waals surface area contributed by atoms with Gasteiger partial charge in [0.15, 0.2) is 0 Å². The number of hydrazine groups is 1. The summed E-state index contributed by atoms with van der Waals surface area (Å²) in [6.07, 6.45) is 2.45. The number of rotatable bonds is 4. The lowest BCUT2D eigenvalue weighted by Crippen LogP contribution is -2.48. The highest BCUT2D eigenvalue weighted by Gasteiger charge is 2.18. The molecule has 0 saturated carbocycles. The van der Waals surface area contributed by atoms with Crippen LogP contribution in [0.3, 0.4) is 0 Å². The Bertz CT molecular complexity index is 317. The molecule has 1 aromatic carbocycles. The molecule has 1 aromatic rings. The average Bonchev–Trinajstić information content (AvgIpc) is 2.40. The first-order chi connectivity index (χ1) is 8.29. The fourth-order valence-corrected chi connectivity index (χ4v) is 2.39. The number of nitrogens with one attached hydrogen (secondary N) is 2. The van der Waals surface area contributed by atoms with E-state index in [-0.39, 0.29) is 0 Å². The summed E-state index contributed by atoms with van der Waals surface area (Å²) in [5.41, 5.74) is 4.94. The quantitative estimate of drug-likeness (QED) is 0.832. The normalized spacial score (nSPS) is 20.4. The molecule has 17 heavy (non-hydrogen) atoms. The second-order valence-electron chi connectivity index (χ2n) is 4.81. The smallest absolute Gasteiger partial charge is 0.0436 e. The van der Waals surface area contributed by atoms with Gasteiger partial charge in [0.1, 0.15) is 0 Å². The summed E-state index contributed by atoms with van der Waals surface area (Å²) in [6, 6.07) is 11.7. The summed E-state index contributed by atoms with van der Waals surface area (Å²) in [4.78, 5) is 0. The Morgan fingerprint density at radius 1 is 1.18 bits per heavy atom. The van der Waals surface area contributed by atoms with Gasteiger partial charge in [-0.05, 0) is 32.4 Å². The van der Waals surface area contributed by atoms with Crippen LogP contribution in [0.1, 0.15) is 31.4 Å². The van der Waals surface area contributed by atoms with E-state index in [1.165, 1.54) is 18.4 Å². The molecular formula is C14H23N3. The Labute approximate surface area is 104 Å². The highest BCUT2D eigenvalue weighted by molar-refractivity contribution is 5.17. The van der Waals surface area contributed by atoms with E-state index in [4.69, 9.17) is 0 Å². The predicted octanol–water partition coefficient (Wildman–Crippen LogP) is 1.94. The highest BCUT2D eigenvalue weighted by atomic mass is 15.5. The maximum absolute atomic E-state index is 3.59. The third-order valence-electron chi connectivity index (χ3n) is 3.58. The summed E-state index contributed by atoms with van der Waals surface area (Å²) in [7, 11) is 2.06. The molecule has 1 aliphatic heterocycles. The van der Waals surface area contributed by atoms with Crippen molar-refractivity contribution in [3.8, 4) is 0 Å². The zero-order valence-electron chi connectivity index (χ0n) is 10.8. The van der Waals surface area contributed by atoms with Crippen molar-refractivity contribution in [3.63, 3.8) is 0 Å². The van der Waals surface area contributed by atoms with Gasteiger partial charge in [0.25, 0.3) is 0 Å². The van der Waals surface area contributed by atoms with E-state index in [2.05, 4.69) is 60.1 Å². The van der Waals surface area contributed by atoms with Gasteiger partial charge in [-0.25, -0.2) is 10.4 Å². The minimum Gasteiger partial charge on any atom is -0.317 e. The van der Waals surface area contributed by atoms with Crippen LogP contribution in [0.5, 0.6) is 0 Å². The van der Waals surface area contributed by atoms with Crippen LogP contribution >= 0.6 is 0 Å². The second kappa shape index (κ2) is 6.15. The molecule has 1 saturated heterocycles. The second-order valence-corrected chi connectivity index (χ2v) is 4.81. The molecule has 2 N–H and O–H groups in total. The zero-order chi connectivity index (χ0) is 12.1. The Hall–Kier alpha value is -0.900. The van der Waals surface area contributed by atoms with Crippen molar-refractivity contribution in [3.05, 3.63) is 35.9 Å². The molecule has 3 heteroatoms. The highest BCUT2D eigenvalue weighted by Crippen LogP contribution is 2.14. The molecule has 1 atom stereocenters. The Morgan fingerprint density at radius 3 is 2.41 bits per heavy atom. The first-order valence-electron chi connectivity index (χ1n) is 6.53. The van der Waals surface area contributed by atoms with Gasteiger partial charge in [-0.2, -0.15) is 0 Å². The van der Waals surface area contributed by atoms with E-state index in [1.54, 1.807) is 0 Å². The number of hydrogen-bond acceptors (Lipinski definition) is 3. The molecular weight excluding hydrogens is 210 g/mol. The minimum atomic E-state index is 0.391. The van der Waals surface area contributed by atoms with E-state index in [9.17, 15) is 0 Å². The lowest BCUT2D eigenvalue weighted by atomic mass is 10.1. The third-order valence-corrected chi connectivity index (χ3v) is 3.58. The number of hydrogen-bond donors (Lipinski definition) is 2. The maximum Gasteiger partial charge on any atom is 0.0436 e. The van der Waals surface area contributed by atoms with Gasteiger partial charge in [-0.1, -0.05) is 30.3 Å². The molecule has 0 spiro atoms. The van der Waals surface area contributed by atoms with Crippen LogP contribution in [0.2, 0.25) is 0 Å². The van der Waals surface area contributed by atoms with Gasteiger partial charge >= 0.3 is 0 Å². The van der Waals surface area contributed by atoms with Crippen LogP contribution in [0, 0.1) is 0 Å². The van der Waals surface area contributed by atoms with Gasteiger partial charge in [-0.15, -0.1) is 0 Å². The molecule has 0 amide bonds. The van der Waals surface area contributed by atoms with Crippen LogP contribution in [-0.4, -0.2) is 31.2 Å². The molecule has 3 nitrogen and oxygen atoms in total. The summed E-state index contributed by atoms with van der Waals surface area (Å²) >= 11 is 0. The standard InChI is InChI=1S/C14H23N3/c1-12(13-6-4-3-5-7-13)16-17-10-8-14(15-2)9-11-17/h3-7,12,14-16H,8-11H2,1-2H3. The Kier molecular flexibility index (Phi) is 4.54. The monoisotopic (exact) mass is 233 g/mol. The van der Waals surface area contributed by atoms with Crippen LogP contribution in [-0.2, 0) is 0 Å². The molecule has 94 valence electrons.